The van der Waals surface area contributed by atoms with E-state index in [0.717, 1.165) is 0 Å². The highest BCUT2D eigenvalue weighted by atomic mass is 16.6. The normalized spacial score (nSPS) is 19.3. The zero-order valence-electron chi connectivity index (χ0n) is 17.6. The fourth-order valence-corrected chi connectivity index (χ4v) is 3.79. The van der Waals surface area contributed by atoms with E-state index in [1.54, 1.807) is 19.9 Å². The van der Waals surface area contributed by atoms with Crippen LogP contribution < -0.4 is 10.6 Å². The summed E-state index contributed by atoms with van der Waals surface area (Å²) in [4.78, 5) is 52.0. The second-order valence-electron chi connectivity index (χ2n) is 7.23. The van der Waals surface area contributed by atoms with E-state index < -0.39 is 23.0 Å². The van der Waals surface area contributed by atoms with E-state index in [1.165, 1.54) is 35.1 Å². The third-order valence-electron chi connectivity index (χ3n) is 5.43. The second kappa shape index (κ2) is 9.13. The first-order chi connectivity index (χ1) is 14.8. The van der Waals surface area contributed by atoms with Crippen LogP contribution in [0.5, 0.6) is 0 Å². The minimum atomic E-state index is -0.841. The van der Waals surface area contributed by atoms with Crippen molar-refractivity contribution in [1.29, 1.82) is 0 Å². The van der Waals surface area contributed by atoms with Crippen LogP contribution in [0.3, 0.4) is 0 Å². The minimum Gasteiger partial charge on any atom is -0.383 e. The maximum Gasteiger partial charge on any atom is 0.322 e. The molecule has 2 heterocycles. The smallest absolute Gasteiger partial charge is 0.322 e. The molecule has 0 bridgehead atoms. The van der Waals surface area contributed by atoms with Gasteiger partial charge in [-0.2, -0.15) is 0 Å². The largest absolute Gasteiger partial charge is 0.383 e. The number of nitro groups is 1. The Kier molecular flexibility index (Phi) is 6.54. The van der Waals surface area contributed by atoms with Gasteiger partial charge in [-0.3, -0.25) is 24.6 Å². The number of ether oxygens (including phenoxy) is 1. The highest BCUT2D eigenvalue weighted by Gasteiger charge is 2.46. The van der Waals surface area contributed by atoms with Crippen molar-refractivity contribution in [2.75, 3.05) is 33.4 Å². The van der Waals surface area contributed by atoms with Gasteiger partial charge in [-0.15, -0.1) is 0 Å². The first-order valence-corrected chi connectivity index (χ1v) is 9.93. The number of methoxy groups -OCH3 is 1. The highest BCUT2D eigenvalue weighted by Crippen LogP contribution is 2.37. The summed E-state index contributed by atoms with van der Waals surface area (Å²) in [6.45, 7) is 4.49. The molecule has 2 aliphatic heterocycles. The van der Waals surface area contributed by atoms with Crippen LogP contribution in [-0.4, -0.2) is 72.0 Å². The summed E-state index contributed by atoms with van der Waals surface area (Å²) in [7, 11) is 1.52. The number of carbonyl (C=O) groups excluding carboxylic acids is 3. The van der Waals surface area contributed by atoms with E-state index in [-0.39, 0.29) is 24.0 Å². The molecule has 0 spiro atoms. The highest BCUT2D eigenvalue weighted by molar-refractivity contribution is 6.03. The molecule has 1 aromatic carbocycles. The van der Waals surface area contributed by atoms with Crippen molar-refractivity contribution in [3.05, 3.63) is 51.2 Å². The molecule has 166 valence electrons. The first-order valence-electron chi connectivity index (χ1n) is 9.93. The van der Waals surface area contributed by atoms with Gasteiger partial charge in [0.15, 0.2) is 0 Å². The van der Waals surface area contributed by atoms with Crippen LogP contribution in [0.15, 0.2) is 35.5 Å². The Morgan fingerprint density at radius 3 is 2.81 bits per heavy atom. The SMILES string of the molecule is CCN1C(=O)N[C@@H](c2cccc([N+](=O)[O-])c2)C2=C1CN([C@@H](C)C(=O)NCCOC)C2=O. The van der Waals surface area contributed by atoms with Gasteiger partial charge in [-0.05, 0) is 19.4 Å². The van der Waals surface area contributed by atoms with Crippen molar-refractivity contribution in [3.8, 4) is 0 Å². The lowest BCUT2D eigenvalue weighted by Gasteiger charge is -2.32. The van der Waals surface area contributed by atoms with Crippen LogP contribution >= 0.6 is 0 Å². The van der Waals surface area contributed by atoms with Crippen LogP contribution in [-0.2, 0) is 14.3 Å². The zero-order valence-corrected chi connectivity index (χ0v) is 17.6. The van der Waals surface area contributed by atoms with Gasteiger partial charge in [-0.1, -0.05) is 12.1 Å². The lowest BCUT2D eigenvalue weighted by molar-refractivity contribution is -0.384. The predicted octanol–water partition coefficient (Wildman–Crippen LogP) is 0.928. The maximum atomic E-state index is 13.3. The van der Waals surface area contributed by atoms with Gasteiger partial charge in [0.05, 0.1) is 35.4 Å². The predicted molar refractivity (Wildman–Crippen MR) is 110 cm³/mol. The summed E-state index contributed by atoms with van der Waals surface area (Å²) in [6.07, 6.45) is 0. The molecular formula is C20H25N5O6. The lowest BCUT2D eigenvalue weighted by Crippen LogP contribution is -2.47. The van der Waals surface area contributed by atoms with Crippen molar-refractivity contribution in [2.45, 2.75) is 25.9 Å². The number of hydrogen-bond donors (Lipinski definition) is 2. The van der Waals surface area contributed by atoms with Crippen LogP contribution in [0.1, 0.15) is 25.5 Å². The Morgan fingerprint density at radius 1 is 1.42 bits per heavy atom. The standard InChI is InChI=1S/C20H25N5O6/c1-4-23-15-11-24(12(2)18(26)21-8-9-31-3)19(27)16(15)17(22-20(23)28)13-6-5-7-14(10-13)25(29)30/h5-7,10,12,17H,4,8-9,11H2,1-3H3,(H,21,26)(H,22,28)/t12-,17-/m0/s1. The second-order valence-corrected chi connectivity index (χ2v) is 7.23. The van der Waals surface area contributed by atoms with Gasteiger partial charge in [-0.25, -0.2) is 4.79 Å². The number of urea groups is 1. The summed E-state index contributed by atoms with van der Waals surface area (Å²) in [5.74, 6) is -0.723. The van der Waals surface area contributed by atoms with Crippen LogP contribution in [0.25, 0.3) is 0 Å². The molecule has 0 aromatic heterocycles. The Balaban J connectivity index is 1.93. The number of benzene rings is 1. The molecule has 2 N–H and O–H groups in total. The molecule has 0 fully saturated rings. The number of non-ortho nitro benzene ring substituents is 1. The minimum absolute atomic E-state index is 0.0969. The van der Waals surface area contributed by atoms with E-state index in [1.807, 2.05) is 0 Å². The number of likely N-dealkylation sites (N-methyl/N-ethyl adjacent to an activating group) is 1. The number of nitrogens with zero attached hydrogens (tertiary/aromatic N) is 3. The van der Waals surface area contributed by atoms with Gasteiger partial charge >= 0.3 is 6.03 Å². The first kappa shape index (κ1) is 22.2. The van der Waals surface area contributed by atoms with Crippen molar-refractivity contribution in [3.63, 3.8) is 0 Å². The summed E-state index contributed by atoms with van der Waals surface area (Å²) < 4.78 is 4.92. The molecule has 1 aromatic rings. The summed E-state index contributed by atoms with van der Waals surface area (Å²) >= 11 is 0. The monoisotopic (exact) mass is 431 g/mol. The summed E-state index contributed by atoms with van der Waals surface area (Å²) in [6, 6.07) is 3.81. The topological polar surface area (TPSA) is 134 Å². The molecule has 0 unspecified atom stereocenters. The maximum absolute atomic E-state index is 13.3. The third-order valence-corrected chi connectivity index (χ3v) is 5.43. The van der Waals surface area contributed by atoms with E-state index in [0.29, 0.717) is 36.5 Å². The fourth-order valence-electron chi connectivity index (χ4n) is 3.79. The Bertz CT molecular complexity index is 946. The molecule has 0 saturated heterocycles. The van der Waals surface area contributed by atoms with E-state index in [4.69, 9.17) is 4.74 Å². The molecule has 2 aliphatic rings. The molecule has 11 nitrogen and oxygen atoms in total. The molecule has 3 rings (SSSR count). The Hall–Kier alpha value is -3.47. The summed E-state index contributed by atoms with van der Waals surface area (Å²) in [5, 5.41) is 16.7. The number of rotatable bonds is 8. The molecule has 0 radical (unpaired) electrons. The number of nitrogens with one attached hydrogen (secondary N) is 2. The van der Waals surface area contributed by atoms with E-state index in [2.05, 4.69) is 10.6 Å². The molecule has 4 amide bonds. The third kappa shape index (κ3) is 4.22. The van der Waals surface area contributed by atoms with Crippen LogP contribution in [0, 0.1) is 10.1 Å². The van der Waals surface area contributed by atoms with E-state index >= 15 is 0 Å². The lowest BCUT2D eigenvalue weighted by atomic mass is 9.95. The molecule has 31 heavy (non-hydrogen) atoms. The molecule has 11 heteroatoms. The van der Waals surface area contributed by atoms with Gasteiger partial charge in [0.2, 0.25) is 5.91 Å². The molecule has 0 aliphatic carbocycles. The molecule has 0 saturated carbocycles. The van der Waals surface area contributed by atoms with Crippen molar-refractivity contribution in [2.24, 2.45) is 0 Å². The number of nitro benzene ring substituents is 1. The van der Waals surface area contributed by atoms with Crippen molar-refractivity contribution >= 4 is 23.5 Å². The van der Waals surface area contributed by atoms with Crippen LogP contribution in [0.2, 0.25) is 0 Å². The average molecular weight is 431 g/mol. The van der Waals surface area contributed by atoms with Crippen molar-refractivity contribution < 1.29 is 24.0 Å². The Morgan fingerprint density at radius 2 is 2.16 bits per heavy atom. The van der Waals surface area contributed by atoms with Gasteiger partial charge in [0.25, 0.3) is 11.6 Å². The van der Waals surface area contributed by atoms with E-state index in [9.17, 15) is 24.5 Å². The number of amides is 4. The zero-order chi connectivity index (χ0) is 22.7. The van der Waals surface area contributed by atoms with Gasteiger partial charge < -0.3 is 20.3 Å². The average Bonchev–Trinajstić information content (AvgIpc) is 3.09. The quantitative estimate of drug-likeness (QED) is 0.357. The van der Waals surface area contributed by atoms with Crippen molar-refractivity contribution in [1.82, 2.24) is 20.4 Å². The summed E-state index contributed by atoms with van der Waals surface area (Å²) in [5.41, 5.74) is 1.11. The van der Waals surface area contributed by atoms with Crippen LogP contribution in [0.4, 0.5) is 10.5 Å². The Labute approximate surface area is 179 Å². The van der Waals surface area contributed by atoms with Gasteiger partial charge in [0.1, 0.15) is 6.04 Å². The molecular weight excluding hydrogens is 406 g/mol. The number of hydrogen-bond acceptors (Lipinski definition) is 6. The number of carbonyl (C=O) groups is 3. The fraction of sp³-hybridized carbons (Fsp3) is 0.450. The molecule has 2 atom stereocenters. The van der Waals surface area contributed by atoms with Gasteiger partial charge in [0, 0.05) is 32.3 Å².